The van der Waals surface area contributed by atoms with Crippen LogP contribution in [-0.2, 0) is 11.3 Å². The Hall–Kier alpha value is -4.21. The molecule has 1 aromatic heterocycles. The summed E-state index contributed by atoms with van der Waals surface area (Å²) in [5.74, 6) is 0.0478. The second-order valence-corrected chi connectivity index (χ2v) is 8.22. The van der Waals surface area contributed by atoms with E-state index in [0.29, 0.717) is 44.2 Å². The number of nitrogens with zero attached hydrogens (tertiary/aromatic N) is 5. The Bertz CT molecular complexity index is 1220. The standard InChI is InChI=1S/C24H26N6O4/c1-17-14-23(29(26-17)16-19-6-4-3-5-7-19)25-24(32)20-8-9-21(22(15-20)30(33)34)28-12-10-27(11-13-28)18(2)31/h3-9,14-15H,10-13,16H2,1-2H3,(H,25,32). The molecule has 176 valence electrons. The molecule has 0 saturated carbocycles. The van der Waals surface area contributed by atoms with E-state index in [4.69, 9.17) is 0 Å². The number of piperazine rings is 1. The van der Waals surface area contributed by atoms with Crippen LogP contribution in [0.2, 0.25) is 0 Å². The van der Waals surface area contributed by atoms with Gasteiger partial charge in [-0.1, -0.05) is 30.3 Å². The highest BCUT2D eigenvalue weighted by molar-refractivity contribution is 6.04. The van der Waals surface area contributed by atoms with E-state index in [9.17, 15) is 19.7 Å². The number of benzene rings is 2. The fourth-order valence-electron chi connectivity index (χ4n) is 4.05. The molecule has 0 spiro atoms. The number of nitrogens with one attached hydrogen (secondary N) is 1. The first kappa shape index (κ1) is 23.0. The molecule has 1 fully saturated rings. The number of aromatic nitrogens is 2. The van der Waals surface area contributed by atoms with Crippen molar-refractivity contribution in [3.63, 3.8) is 0 Å². The van der Waals surface area contributed by atoms with E-state index in [1.165, 1.54) is 13.0 Å². The van der Waals surface area contributed by atoms with Gasteiger partial charge < -0.3 is 15.1 Å². The van der Waals surface area contributed by atoms with Gasteiger partial charge in [0, 0.05) is 50.8 Å². The number of hydrogen-bond acceptors (Lipinski definition) is 6. The number of nitro benzene ring substituents is 1. The van der Waals surface area contributed by atoms with Crippen LogP contribution in [0.5, 0.6) is 0 Å². The normalized spacial score (nSPS) is 13.6. The predicted octanol–water partition coefficient (Wildman–Crippen LogP) is 3.07. The molecule has 4 rings (SSSR count). The maximum Gasteiger partial charge on any atom is 0.293 e. The highest BCUT2D eigenvalue weighted by Gasteiger charge is 2.26. The molecular formula is C24H26N6O4. The molecule has 10 nitrogen and oxygen atoms in total. The first-order valence-corrected chi connectivity index (χ1v) is 11.0. The van der Waals surface area contributed by atoms with Crippen LogP contribution < -0.4 is 10.2 Å². The number of anilines is 2. The summed E-state index contributed by atoms with van der Waals surface area (Å²) < 4.78 is 1.69. The van der Waals surface area contributed by atoms with Crippen LogP contribution in [0.3, 0.4) is 0 Å². The Morgan fingerprint density at radius 2 is 1.76 bits per heavy atom. The van der Waals surface area contributed by atoms with E-state index >= 15 is 0 Å². The average molecular weight is 463 g/mol. The third kappa shape index (κ3) is 5.06. The molecule has 2 heterocycles. The molecule has 1 aliphatic rings. The smallest absolute Gasteiger partial charge is 0.293 e. The zero-order chi connectivity index (χ0) is 24.2. The molecule has 2 amide bonds. The molecule has 1 N–H and O–H groups in total. The van der Waals surface area contributed by atoms with E-state index in [1.807, 2.05) is 42.2 Å². The molecule has 0 unspecified atom stereocenters. The third-order valence-corrected chi connectivity index (χ3v) is 5.82. The summed E-state index contributed by atoms with van der Waals surface area (Å²) in [5.41, 5.74) is 2.26. The molecule has 0 radical (unpaired) electrons. The third-order valence-electron chi connectivity index (χ3n) is 5.82. The van der Waals surface area contributed by atoms with Crippen LogP contribution in [0.1, 0.15) is 28.5 Å². The summed E-state index contributed by atoms with van der Waals surface area (Å²) >= 11 is 0. The SMILES string of the molecule is CC(=O)N1CCN(c2ccc(C(=O)Nc3cc(C)nn3Cc3ccccc3)cc2[N+](=O)[O-])CC1. The van der Waals surface area contributed by atoms with Crippen molar-refractivity contribution in [2.24, 2.45) is 0 Å². The summed E-state index contributed by atoms with van der Waals surface area (Å²) in [5, 5.41) is 19.1. The molecule has 0 bridgehead atoms. The molecule has 3 aromatic rings. The van der Waals surface area contributed by atoms with Crippen molar-refractivity contribution in [2.75, 3.05) is 36.4 Å². The van der Waals surface area contributed by atoms with Gasteiger partial charge in [-0.15, -0.1) is 0 Å². The van der Waals surface area contributed by atoms with Gasteiger partial charge in [-0.05, 0) is 24.6 Å². The Morgan fingerprint density at radius 3 is 2.41 bits per heavy atom. The van der Waals surface area contributed by atoms with Gasteiger partial charge in [0.2, 0.25) is 5.91 Å². The maximum atomic E-state index is 13.0. The van der Waals surface area contributed by atoms with E-state index in [-0.39, 0.29) is 17.2 Å². The Balaban J connectivity index is 1.53. The highest BCUT2D eigenvalue weighted by atomic mass is 16.6. The zero-order valence-corrected chi connectivity index (χ0v) is 19.1. The fraction of sp³-hybridized carbons (Fsp3) is 0.292. The lowest BCUT2D eigenvalue weighted by molar-refractivity contribution is -0.384. The molecule has 0 aliphatic carbocycles. The van der Waals surface area contributed by atoms with Crippen molar-refractivity contribution in [1.29, 1.82) is 0 Å². The monoisotopic (exact) mass is 462 g/mol. The van der Waals surface area contributed by atoms with Crippen LogP contribution in [0.4, 0.5) is 17.2 Å². The van der Waals surface area contributed by atoms with Gasteiger partial charge in [-0.2, -0.15) is 5.10 Å². The number of rotatable bonds is 6. The summed E-state index contributed by atoms with van der Waals surface area (Å²) in [6, 6.07) is 16.0. The minimum atomic E-state index is -0.479. The van der Waals surface area contributed by atoms with Crippen molar-refractivity contribution in [2.45, 2.75) is 20.4 Å². The molecule has 2 aromatic carbocycles. The first-order valence-electron chi connectivity index (χ1n) is 11.0. The van der Waals surface area contributed by atoms with Gasteiger partial charge in [0.05, 0.1) is 17.2 Å². The van der Waals surface area contributed by atoms with E-state index in [2.05, 4.69) is 10.4 Å². The Kier molecular flexibility index (Phi) is 6.58. The summed E-state index contributed by atoms with van der Waals surface area (Å²) in [6.45, 7) is 5.81. The minimum Gasteiger partial charge on any atom is -0.362 e. The predicted molar refractivity (Wildman–Crippen MR) is 128 cm³/mol. The van der Waals surface area contributed by atoms with Gasteiger partial charge in [0.25, 0.3) is 11.6 Å². The quantitative estimate of drug-likeness (QED) is 0.445. The summed E-state index contributed by atoms with van der Waals surface area (Å²) in [7, 11) is 0. The maximum absolute atomic E-state index is 13.0. The second kappa shape index (κ2) is 9.74. The number of carbonyl (C=O) groups excluding carboxylic acids is 2. The number of aryl methyl sites for hydroxylation is 1. The van der Waals surface area contributed by atoms with Crippen molar-refractivity contribution >= 4 is 29.0 Å². The molecule has 34 heavy (non-hydrogen) atoms. The zero-order valence-electron chi connectivity index (χ0n) is 19.1. The Morgan fingerprint density at radius 1 is 1.06 bits per heavy atom. The summed E-state index contributed by atoms with van der Waals surface area (Å²) in [6.07, 6.45) is 0. The topological polar surface area (TPSA) is 114 Å². The molecule has 1 saturated heterocycles. The number of amides is 2. The van der Waals surface area contributed by atoms with Crippen LogP contribution in [0.25, 0.3) is 0 Å². The van der Waals surface area contributed by atoms with Crippen LogP contribution in [0.15, 0.2) is 54.6 Å². The minimum absolute atomic E-state index is 0.0112. The molecule has 10 heteroatoms. The van der Waals surface area contributed by atoms with Crippen molar-refractivity contribution < 1.29 is 14.5 Å². The lowest BCUT2D eigenvalue weighted by Gasteiger charge is -2.35. The average Bonchev–Trinajstić information content (AvgIpc) is 3.17. The van der Waals surface area contributed by atoms with Crippen LogP contribution in [-0.4, -0.2) is 57.6 Å². The van der Waals surface area contributed by atoms with Gasteiger partial charge in [0.1, 0.15) is 11.5 Å². The lowest BCUT2D eigenvalue weighted by Crippen LogP contribution is -2.48. The van der Waals surface area contributed by atoms with E-state index in [1.54, 1.807) is 27.8 Å². The largest absolute Gasteiger partial charge is 0.362 e. The van der Waals surface area contributed by atoms with Crippen LogP contribution >= 0.6 is 0 Å². The van der Waals surface area contributed by atoms with Crippen molar-refractivity contribution in [3.8, 4) is 0 Å². The molecule has 1 aliphatic heterocycles. The molecular weight excluding hydrogens is 436 g/mol. The highest BCUT2D eigenvalue weighted by Crippen LogP contribution is 2.30. The number of nitro groups is 1. The number of carbonyl (C=O) groups is 2. The number of hydrogen-bond donors (Lipinski definition) is 1. The van der Waals surface area contributed by atoms with Gasteiger partial charge in [-0.25, -0.2) is 4.68 Å². The molecule has 0 atom stereocenters. The summed E-state index contributed by atoms with van der Waals surface area (Å²) in [4.78, 5) is 39.4. The van der Waals surface area contributed by atoms with E-state index in [0.717, 1.165) is 11.3 Å². The Labute approximate surface area is 196 Å². The van der Waals surface area contributed by atoms with Crippen molar-refractivity contribution in [3.05, 3.63) is 81.5 Å². The van der Waals surface area contributed by atoms with Gasteiger partial charge in [-0.3, -0.25) is 19.7 Å². The van der Waals surface area contributed by atoms with Crippen molar-refractivity contribution in [1.82, 2.24) is 14.7 Å². The van der Waals surface area contributed by atoms with E-state index < -0.39 is 10.8 Å². The first-order chi connectivity index (χ1) is 16.3. The lowest BCUT2D eigenvalue weighted by atomic mass is 10.1. The van der Waals surface area contributed by atoms with Crippen LogP contribution in [0, 0.1) is 17.0 Å². The van der Waals surface area contributed by atoms with Gasteiger partial charge >= 0.3 is 0 Å². The van der Waals surface area contributed by atoms with Gasteiger partial charge in [0.15, 0.2) is 0 Å². The second-order valence-electron chi connectivity index (χ2n) is 8.22. The fourth-order valence-corrected chi connectivity index (χ4v) is 4.05.